The number of aliphatic hydroxyl groups excluding tert-OH is 1. The summed E-state index contributed by atoms with van der Waals surface area (Å²) in [5.74, 6) is -1.46. The molecule has 0 saturated carbocycles. The van der Waals surface area contributed by atoms with Crippen LogP contribution in [0.1, 0.15) is 63.1 Å². The van der Waals surface area contributed by atoms with Crippen LogP contribution in [-0.2, 0) is 9.59 Å². The lowest BCUT2D eigenvalue weighted by Gasteiger charge is -2.27. The monoisotopic (exact) mass is 516 g/mol. The molecule has 2 aromatic rings. The molecule has 5 nitrogen and oxygen atoms in total. The van der Waals surface area contributed by atoms with Crippen LogP contribution in [0.15, 0.2) is 54.1 Å². The number of carbonyl (C=O) groups excluding carboxylic acids is 2. The summed E-state index contributed by atoms with van der Waals surface area (Å²) in [4.78, 5) is 30.3. The van der Waals surface area contributed by atoms with Crippen molar-refractivity contribution in [3.63, 3.8) is 0 Å². The lowest BCUT2D eigenvalue weighted by atomic mass is 9.95. The first-order valence-electron chi connectivity index (χ1n) is 12.4. The Labute approximate surface area is 218 Å². The quantitative estimate of drug-likeness (QED) is 0.193. The van der Waals surface area contributed by atoms with Crippen molar-refractivity contribution in [1.29, 1.82) is 0 Å². The van der Waals surface area contributed by atoms with Gasteiger partial charge >= 0.3 is 0 Å². The first-order chi connectivity index (χ1) is 16.9. The Morgan fingerprint density at radius 3 is 1.91 bits per heavy atom. The second-order valence-electron chi connectivity index (χ2n) is 8.95. The fourth-order valence-electron chi connectivity index (χ4n) is 4.43. The largest absolute Gasteiger partial charge is 0.507 e. The lowest BCUT2D eigenvalue weighted by Crippen LogP contribution is -2.34. The molecule has 0 spiro atoms. The third-order valence-electron chi connectivity index (χ3n) is 6.37. The van der Waals surface area contributed by atoms with Gasteiger partial charge in [0, 0.05) is 22.2 Å². The lowest BCUT2D eigenvalue weighted by molar-refractivity contribution is -0.140. The summed E-state index contributed by atoms with van der Waals surface area (Å²) in [6.07, 6.45) is 5.29. The zero-order chi connectivity index (χ0) is 25.4. The number of Topliss-reactive ketones (excluding diaryl/α,β-unsaturated/α-hetero) is 1. The molecule has 0 aliphatic carbocycles. The number of rotatable bonds is 12. The van der Waals surface area contributed by atoms with Gasteiger partial charge in [0.15, 0.2) is 0 Å². The van der Waals surface area contributed by atoms with Crippen LogP contribution in [0, 0.1) is 0 Å². The van der Waals surface area contributed by atoms with E-state index in [1.165, 1.54) is 0 Å². The Morgan fingerprint density at radius 2 is 1.37 bits per heavy atom. The molecule has 0 aromatic heterocycles. The molecular formula is C28H34Cl2N2O3. The van der Waals surface area contributed by atoms with Crippen molar-refractivity contribution >= 4 is 40.7 Å². The van der Waals surface area contributed by atoms with E-state index in [0.717, 1.165) is 57.3 Å². The van der Waals surface area contributed by atoms with Crippen molar-refractivity contribution in [2.45, 2.75) is 52.0 Å². The molecule has 0 bridgehead atoms. The standard InChI is InChI=1S/C28H34Cl2N2O3/c1-3-5-16-31(17-6-4-2)18-7-19-32-25(20-8-12-22(29)13-9-20)24(27(34)28(32)35)26(33)21-10-14-23(30)15-11-21/h8-15,25,33H,3-7,16-19H2,1-2H3/b26-24+. The van der Waals surface area contributed by atoms with Gasteiger partial charge in [-0.15, -0.1) is 0 Å². The third-order valence-corrected chi connectivity index (χ3v) is 6.88. The molecule has 1 fully saturated rings. The van der Waals surface area contributed by atoms with Gasteiger partial charge in [0.2, 0.25) is 0 Å². The Balaban J connectivity index is 1.90. The van der Waals surface area contributed by atoms with Gasteiger partial charge in [-0.2, -0.15) is 0 Å². The number of hydrogen-bond donors (Lipinski definition) is 1. The van der Waals surface area contributed by atoms with Crippen molar-refractivity contribution in [3.05, 3.63) is 75.3 Å². The summed E-state index contributed by atoms with van der Waals surface area (Å²) >= 11 is 12.1. The SMILES string of the molecule is CCCCN(CCCC)CCCN1C(=O)C(=O)/C(=C(/O)c2ccc(Cl)cc2)C1c1ccc(Cl)cc1. The minimum absolute atomic E-state index is 0.0912. The molecule has 1 saturated heterocycles. The minimum atomic E-state index is -0.678. The van der Waals surface area contributed by atoms with E-state index >= 15 is 0 Å². The highest BCUT2D eigenvalue weighted by Gasteiger charge is 2.45. The number of halogens is 2. The highest BCUT2D eigenvalue weighted by atomic mass is 35.5. The van der Waals surface area contributed by atoms with Crippen molar-refractivity contribution in [1.82, 2.24) is 9.80 Å². The smallest absolute Gasteiger partial charge is 0.295 e. The van der Waals surface area contributed by atoms with Crippen molar-refractivity contribution in [2.24, 2.45) is 0 Å². The fraction of sp³-hybridized carbons (Fsp3) is 0.429. The van der Waals surface area contributed by atoms with Crippen LogP contribution >= 0.6 is 23.2 Å². The van der Waals surface area contributed by atoms with Gasteiger partial charge in [0.05, 0.1) is 11.6 Å². The maximum Gasteiger partial charge on any atom is 0.295 e. The van der Waals surface area contributed by atoms with Crippen molar-refractivity contribution in [2.75, 3.05) is 26.2 Å². The molecule has 1 aliphatic rings. The zero-order valence-corrected chi connectivity index (χ0v) is 22.0. The van der Waals surface area contributed by atoms with Gasteiger partial charge in [0.1, 0.15) is 5.76 Å². The number of benzene rings is 2. The van der Waals surface area contributed by atoms with Gasteiger partial charge in [-0.25, -0.2) is 0 Å². The Bertz CT molecular complexity index is 1030. The molecule has 1 unspecified atom stereocenters. The predicted molar refractivity (Wildman–Crippen MR) is 143 cm³/mol. The molecule has 2 aromatic carbocycles. The highest BCUT2D eigenvalue weighted by molar-refractivity contribution is 6.46. The first-order valence-corrected chi connectivity index (χ1v) is 13.1. The van der Waals surface area contributed by atoms with Crippen molar-refractivity contribution in [3.8, 4) is 0 Å². The zero-order valence-electron chi connectivity index (χ0n) is 20.5. The number of nitrogens with zero attached hydrogens (tertiary/aromatic N) is 2. The predicted octanol–water partition coefficient (Wildman–Crippen LogP) is 6.71. The van der Waals surface area contributed by atoms with Gasteiger partial charge in [0.25, 0.3) is 11.7 Å². The third kappa shape index (κ3) is 6.87. The van der Waals surface area contributed by atoms with Crippen LogP contribution in [0.5, 0.6) is 0 Å². The molecule has 1 amide bonds. The minimum Gasteiger partial charge on any atom is -0.507 e. The molecule has 188 valence electrons. The fourth-order valence-corrected chi connectivity index (χ4v) is 4.68. The summed E-state index contributed by atoms with van der Waals surface area (Å²) in [5, 5.41) is 12.2. The average Bonchev–Trinajstić information content (AvgIpc) is 3.10. The number of amides is 1. The molecular weight excluding hydrogens is 483 g/mol. The van der Waals surface area contributed by atoms with E-state index in [-0.39, 0.29) is 11.3 Å². The molecule has 1 N–H and O–H groups in total. The number of unbranched alkanes of at least 4 members (excludes halogenated alkanes) is 2. The molecule has 1 heterocycles. The number of likely N-dealkylation sites (tertiary alicyclic amines) is 1. The maximum atomic E-state index is 13.2. The van der Waals surface area contributed by atoms with Crippen LogP contribution in [-0.4, -0.2) is 52.8 Å². The Kier molecular flexibility index (Phi) is 10.2. The number of aliphatic hydroxyl groups is 1. The second kappa shape index (κ2) is 13.1. The van der Waals surface area contributed by atoms with Crippen LogP contribution in [0.4, 0.5) is 0 Å². The van der Waals surface area contributed by atoms with Crippen LogP contribution in [0.2, 0.25) is 10.0 Å². The summed E-state index contributed by atoms with van der Waals surface area (Å²) < 4.78 is 0. The van der Waals surface area contributed by atoms with Crippen molar-refractivity contribution < 1.29 is 14.7 Å². The molecule has 1 atom stereocenters. The number of carbonyl (C=O) groups is 2. The van der Waals surface area contributed by atoms with Gasteiger partial charge in [-0.1, -0.05) is 62.0 Å². The maximum absolute atomic E-state index is 13.2. The normalized spacial score (nSPS) is 17.5. The molecule has 7 heteroatoms. The van der Waals surface area contributed by atoms with E-state index < -0.39 is 17.7 Å². The Morgan fingerprint density at radius 1 is 0.857 bits per heavy atom. The molecule has 1 aliphatic heterocycles. The average molecular weight is 517 g/mol. The Hall–Kier alpha value is -2.34. The second-order valence-corrected chi connectivity index (χ2v) is 9.83. The molecule has 35 heavy (non-hydrogen) atoms. The van der Waals surface area contributed by atoms with Crippen LogP contribution < -0.4 is 0 Å². The van der Waals surface area contributed by atoms with E-state index in [0.29, 0.717) is 22.2 Å². The summed E-state index contributed by atoms with van der Waals surface area (Å²) in [5.41, 5.74) is 1.27. The molecule has 0 radical (unpaired) electrons. The van der Waals surface area contributed by atoms with E-state index in [4.69, 9.17) is 23.2 Å². The van der Waals surface area contributed by atoms with Crippen LogP contribution in [0.3, 0.4) is 0 Å². The van der Waals surface area contributed by atoms with E-state index in [1.54, 1.807) is 53.4 Å². The summed E-state index contributed by atoms with van der Waals surface area (Å²) in [7, 11) is 0. The van der Waals surface area contributed by atoms with Gasteiger partial charge < -0.3 is 14.9 Å². The van der Waals surface area contributed by atoms with E-state index in [1.807, 2.05) is 0 Å². The van der Waals surface area contributed by atoms with Crippen LogP contribution in [0.25, 0.3) is 5.76 Å². The van der Waals surface area contributed by atoms with Gasteiger partial charge in [-0.05, 0) is 80.9 Å². The topological polar surface area (TPSA) is 60.9 Å². The highest BCUT2D eigenvalue weighted by Crippen LogP contribution is 2.39. The summed E-state index contributed by atoms with van der Waals surface area (Å²) in [6.45, 7) is 7.71. The first kappa shape index (κ1) is 27.3. The summed E-state index contributed by atoms with van der Waals surface area (Å²) in [6, 6.07) is 13.0. The molecule has 3 rings (SSSR count). The van der Waals surface area contributed by atoms with E-state index in [9.17, 15) is 14.7 Å². The number of hydrogen-bond acceptors (Lipinski definition) is 4. The number of ketones is 1. The van der Waals surface area contributed by atoms with Gasteiger partial charge in [-0.3, -0.25) is 9.59 Å². The van der Waals surface area contributed by atoms with E-state index in [2.05, 4.69) is 18.7 Å².